The Bertz CT molecular complexity index is 867. The standard InChI is InChI=1S/C17H12ClN3/c1-11-2-7-15-16(8-11)21-17(20-15)13(10-19)9-12-3-5-14(18)6-4-12/h2-9H,1H3,(H,20,21)/b13-9+. The van der Waals surface area contributed by atoms with Crippen LogP contribution in [0, 0.1) is 18.3 Å². The van der Waals surface area contributed by atoms with Crippen molar-refractivity contribution in [3.05, 3.63) is 64.4 Å². The van der Waals surface area contributed by atoms with Gasteiger partial charge in [-0.1, -0.05) is 29.8 Å². The average Bonchev–Trinajstić information content (AvgIpc) is 2.89. The van der Waals surface area contributed by atoms with Crippen LogP contribution < -0.4 is 0 Å². The first-order valence-electron chi connectivity index (χ1n) is 6.50. The number of rotatable bonds is 2. The van der Waals surface area contributed by atoms with Crippen molar-refractivity contribution in [2.24, 2.45) is 0 Å². The number of fused-ring (bicyclic) bond motifs is 1. The van der Waals surface area contributed by atoms with E-state index in [-0.39, 0.29) is 0 Å². The molecule has 0 aliphatic carbocycles. The molecular formula is C17H12ClN3. The van der Waals surface area contributed by atoms with E-state index in [0.717, 1.165) is 22.2 Å². The third-order valence-corrected chi connectivity index (χ3v) is 3.45. The molecule has 0 fully saturated rings. The quantitative estimate of drug-likeness (QED) is 0.703. The van der Waals surface area contributed by atoms with Crippen molar-refractivity contribution in [1.29, 1.82) is 5.26 Å². The van der Waals surface area contributed by atoms with Gasteiger partial charge in [-0.25, -0.2) is 4.98 Å². The van der Waals surface area contributed by atoms with Crippen LogP contribution in [-0.4, -0.2) is 9.97 Å². The number of nitrogens with one attached hydrogen (secondary N) is 1. The minimum Gasteiger partial charge on any atom is -0.337 e. The van der Waals surface area contributed by atoms with Crippen LogP contribution in [0.2, 0.25) is 5.02 Å². The van der Waals surface area contributed by atoms with E-state index in [1.807, 2.05) is 37.3 Å². The summed E-state index contributed by atoms with van der Waals surface area (Å²) in [6.07, 6.45) is 1.79. The molecule has 102 valence electrons. The molecule has 0 spiro atoms. The van der Waals surface area contributed by atoms with Gasteiger partial charge < -0.3 is 4.98 Å². The van der Waals surface area contributed by atoms with E-state index in [0.29, 0.717) is 16.4 Å². The van der Waals surface area contributed by atoms with Crippen LogP contribution in [0.15, 0.2) is 42.5 Å². The summed E-state index contributed by atoms with van der Waals surface area (Å²) in [4.78, 5) is 7.66. The topological polar surface area (TPSA) is 52.5 Å². The maximum atomic E-state index is 9.37. The van der Waals surface area contributed by atoms with E-state index < -0.39 is 0 Å². The number of aromatic amines is 1. The highest BCUT2D eigenvalue weighted by atomic mass is 35.5. The molecule has 4 heteroatoms. The molecule has 0 unspecified atom stereocenters. The molecule has 3 nitrogen and oxygen atoms in total. The Hall–Kier alpha value is -2.57. The monoisotopic (exact) mass is 293 g/mol. The number of imidazole rings is 1. The zero-order chi connectivity index (χ0) is 14.8. The van der Waals surface area contributed by atoms with Crippen LogP contribution >= 0.6 is 11.6 Å². The number of aryl methyl sites for hydroxylation is 1. The molecule has 0 bridgehead atoms. The lowest BCUT2D eigenvalue weighted by Crippen LogP contribution is -1.84. The van der Waals surface area contributed by atoms with Gasteiger partial charge in [0, 0.05) is 5.02 Å². The van der Waals surface area contributed by atoms with Crippen molar-refractivity contribution >= 4 is 34.3 Å². The SMILES string of the molecule is Cc1ccc2nc(/C(C#N)=C/c3ccc(Cl)cc3)[nH]c2c1. The molecule has 0 radical (unpaired) electrons. The van der Waals surface area contributed by atoms with Crippen LogP contribution in [0.25, 0.3) is 22.7 Å². The first kappa shape index (κ1) is 13.4. The summed E-state index contributed by atoms with van der Waals surface area (Å²) in [7, 11) is 0. The number of hydrogen-bond acceptors (Lipinski definition) is 2. The molecule has 0 saturated carbocycles. The molecular weight excluding hydrogens is 282 g/mol. The second-order valence-corrected chi connectivity index (χ2v) is 5.26. The summed E-state index contributed by atoms with van der Waals surface area (Å²) in [5, 5.41) is 10.0. The van der Waals surface area contributed by atoms with Gasteiger partial charge in [0.2, 0.25) is 0 Å². The van der Waals surface area contributed by atoms with E-state index in [1.54, 1.807) is 18.2 Å². The Morgan fingerprint density at radius 3 is 2.71 bits per heavy atom. The third-order valence-electron chi connectivity index (χ3n) is 3.19. The third kappa shape index (κ3) is 2.81. The van der Waals surface area contributed by atoms with E-state index in [9.17, 15) is 5.26 Å². The van der Waals surface area contributed by atoms with Crippen molar-refractivity contribution in [2.45, 2.75) is 6.92 Å². The number of nitriles is 1. The smallest absolute Gasteiger partial charge is 0.149 e. The van der Waals surface area contributed by atoms with Gasteiger partial charge in [0.15, 0.2) is 0 Å². The highest BCUT2D eigenvalue weighted by Gasteiger charge is 2.08. The molecule has 2 aromatic carbocycles. The summed E-state index contributed by atoms with van der Waals surface area (Å²) < 4.78 is 0. The van der Waals surface area contributed by atoms with Gasteiger partial charge in [-0.2, -0.15) is 5.26 Å². The van der Waals surface area contributed by atoms with Crippen LogP contribution in [0.3, 0.4) is 0 Å². The van der Waals surface area contributed by atoms with Crippen molar-refractivity contribution in [1.82, 2.24) is 9.97 Å². The van der Waals surface area contributed by atoms with Gasteiger partial charge in [-0.05, 0) is 48.4 Å². The molecule has 3 aromatic rings. The van der Waals surface area contributed by atoms with Gasteiger partial charge in [0.1, 0.15) is 11.9 Å². The lowest BCUT2D eigenvalue weighted by atomic mass is 10.1. The van der Waals surface area contributed by atoms with Crippen molar-refractivity contribution < 1.29 is 0 Å². The number of nitrogens with zero attached hydrogens (tertiary/aromatic N) is 2. The number of benzene rings is 2. The Kier molecular flexibility index (Phi) is 3.47. The number of H-pyrrole nitrogens is 1. The maximum absolute atomic E-state index is 9.37. The first-order chi connectivity index (χ1) is 10.2. The molecule has 0 amide bonds. The average molecular weight is 294 g/mol. The predicted molar refractivity (Wildman–Crippen MR) is 85.8 cm³/mol. The fourth-order valence-corrected chi connectivity index (χ4v) is 2.26. The molecule has 0 saturated heterocycles. The normalized spacial score (nSPS) is 11.6. The molecule has 0 atom stereocenters. The minimum atomic E-state index is 0.492. The lowest BCUT2D eigenvalue weighted by Gasteiger charge is -1.96. The fraction of sp³-hybridized carbons (Fsp3) is 0.0588. The maximum Gasteiger partial charge on any atom is 0.149 e. The highest BCUT2D eigenvalue weighted by molar-refractivity contribution is 6.30. The summed E-state index contributed by atoms with van der Waals surface area (Å²) in [5.74, 6) is 0.577. The van der Waals surface area contributed by atoms with Crippen LogP contribution in [0.4, 0.5) is 0 Å². The van der Waals surface area contributed by atoms with Crippen molar-refractivity contribution in [2.75, 3.05) is 0 Å². The predicted octanol–water partition coefficient (Wildman–Crippen LogP) is 4.59. The van der Waals surface area contributed by atoms with Crippen LogP contribution in [-0.2, 0) is 0 Å². The van der Waals surface area contributed by atoms with Crippen LogP contribution in [0.5, 0.6) is 0 Å². The largest absolute Gasteiger partial charge is 0.337 e. The van der Waals surface area contributed by atoms with Gasteiger partial charge in [-0.3, -0.25) is 0 Å². The molecule has 0 aliphatic heterocycles. The summed E-state index contributed by atoms with van der Waals surface area (Å²) >= 11 is 5.86. The molecule has 1 heterocycles. The molecule has 21 heavy (non-hydrogen) atoms. The number of halogens is 1. The van der Waals surface area contributed by atoms with E-state index in [4.69, 9.17) is 11.6 Å². The summed E-state index contributed by atoms with van der Waals surface area (Å²) in [5.41, 5.74) is 4.34. The Morgan fingerprint density at radius 1 is 1.24 bits per heavy atom. The number of aromatic nitrogens is 2. The molecule has 3 rings (SSSR count). The summed E-state index contributed by atoms with van der Waals surface area (Å²) in [6.45, 7) is 2.02. The van der Waals surface area contributed by atoms with E-state index in [2.05, 4.69) is 16.0 Å². The van der Waals surface area contributed by atoms with E-state index >= 15 is 0 Å². The molecule has 1 N–H and O–H groups in total. The van der Waals surface area contributed by atoms with Gasteiger partial charge in [-0.15, -0.1) is 0 Å². The Morgan fingerprint density at radius 2 is 2.00 bits per heavy atom. The number of allylic oxidation sites excluding steroid dienone is 1. The van der Waals surface area contributed by atoms with Crippen LogP contribution in [0.1, 0.15) is 17.0 Å². The van der Waals surface area contributed by atoms with Gasteiger partial charge in [0.25, 0.3) is 0 Å². The van der Waals surface area contributed by atoms with E-state index in [1.165, 1.54) is 0 Å². The second-order valence-electron chi connectivity index (χ2n) is 4.83. The number of hydrogen-bond donors (Lipinski definition) is 1. The van der Waals surface area contributed by atoms with Gasteiger partial charge >= 0.3 is 0 Å². The first-order valence-corrected chi connectivity index (χ1v) is 6.87. The molecule has 1 aromatic heterocycles. The zero-order valence-electron chi connectivity index (χ0n) is 11.4. The van der Waals surface area contributed by atoms with Crippen molar-refractivity contribution in [3.63, 3.8) is 0 Å². The lowest BCUT2D eigenvalue weighted by molar-refractivity contribution is 1.27. The second kappa shape index (κ2) is 5.43. The Labute approximate surface area is 127 Å². The fourth-order valence-electron chi connectivity index (χ4n) is 2.13. The van der Waals surface area contributed by atoms with Crippen molar-refractivity contribution in [3.8, 4) is 6.07 Å². The Balaban J connectivity index is 2.05. The van der Waals surface area contributed by atoms with Gasteiger partial charge in [0.05, 0.1) is 16.6 Å². The zero-order valence-corrected chi connectivity index (χ0v) is 12.1. The highest BCUT2D eigenvalue weighted by Crippen LogP contribution is 2.20. The molecule has 0 aliphatic rings. The minimum absolute atomic E-state index is 0.492. The summed E-state index contributed by atoms with van der Waals surface area (Å²) in [6, 6.07) is 15.5.